The SMILES string of the molecule is [C-]#[N+]c1ccc(N2C(=O)C(C)(C)N(CCCCO)C2=S)cc1C(F)(F)F. The number of anilines is 1. The summed E-state index contributed by atoms with van der Waals surface area (Å²) >= 11 is 5.34. The van der Waals surface area contributed by atoms with Crippen molar-refractivity contribution in [2.75, 3.05) is 18.1 Å². The lowest BCUT2D eigenvalue weighted by Crippen LogP contribution is -2.44. The van der Waals surface area contributed by atoms with Crippen LogP contribution in [-0.4, -0.2) is 39.7 Å². The van der Waals surface area contributed by atoms with Crippen LogP contribution in [0.3, 0.4) is 0 Å². The molecule has 1 heterocycles. The van der Waals surface area contributed by atoms with Crippen molar-refractivity contribution >= 4 is 34.6 Å². The molecule has 0 spiro atoms. The van der Waals surface area contributed by atoms with E-state index >= 15 is 0 Å². The Labute approximate surface area is 154 Å². The largest absolute Gasteiger partial charge is 0.407 e. The zero-order valence-electron chi connectivity index (χ0n) is 14.3. The quantitative estimate of drug-likeness (QED) is 0.477. The first kappa shape index (κ1) is 20.1. The van der Waals surface area contributed by atoms with Crippen molar-refractivity contribution in [1.82, 2.24) is 4.90 Å². The molecular weight excluding hydrogens is 367 g/mol. The summed E-state index contributed by atoms with van der Waals surface area (Å²) in [4.78, 5) is 18.4. The lowest BCUT2D eigenvalue weighted by Gasteiger charge is -2.29. The Balaban J connectivity index is 2.44. The number of benzene rings is 1. The van der Waals surface area contributed by atoms with Crippen LogP contribution in [0.15, 0.2) is 18.2 Å². The number of hydrogen-bond acceptors (Lipinski definition) is 3. The lowest BCUT2D eigenvalue weighted by molar-refractivity contribution is -0.136. The Hall–Kier alpha value is -2.18. The van der Waals surface area contributed by atoms with Gasteiger partial charge in [0.25, 0.3) is 5.91 Å². The minimum absolute atomic E-state index is 0.00567. The smallest absolute Gasteiger partial charge is 0.396 e. The Morgan fingerprint density at radius 2 is 1.96 bits per heavy atom. The van der Waals surface area contributed by atoms with Crippen LogP contribution in [0.5, 0.6) is 0 Å². The van der Waals surface area contributed by atoms with E-state index in [4.69, 9.17) is 23.9 Å². The van der Waals surface area contributed by atoms with Gasteiger partial charge < -0.3 is 10.0 Å². The Morgan fingerprint density at radius 3 is 2.50 bits per heavy atom. The highest BCUT2D eigenvalue weighted by Gasteiger charge is 2.49. The number of thiocarbonyl (C=S) groups is 1. The number of aliphatic hydroxyl groups excluding tert-OH is 1. The zero-order chi connectivity index (χ0) is 19.7. The standard InChI is InChI=1S/C17H18F3N3O2S/c1-16(2)14(25)23(15(26)22(16)8-4-5-9-24)11-6-7-13(21-3)12(10-11)17(18,19)20/h6-7,10,24H,4-5,8-9H2,1-2H3. The summed E-state index contributed by atoms with van der Waals surface area (Å²) in [7, 11) is 0. The molecule has 1 aliphatic heterocycles. The molecule has 0 saturated carbocycles. The van der Waals surface area contributed by atoms with E-state index in [1.165, 1.54) is 6.07 Å². The van der Waals surface area contributed by atoms with E-state index in [1.54, 1.807) is 18.7 Å². The van der Waals surface area contributed by atoms with Gasteiger partial charge in [0.05, 0.1) is 12.1 Å². The second-order valence-corrected chi connectivity index (χ2v) is 6.74. The molecule has 140 valence electrons. The molecule has 2 rings (SSSR count). The second-order valence-electron chi connectivity index (χ2n) is 6.38. The topological polar surface area (TPSA) is 48.1 Å². The molecule has 1 saturated heterocycles. The molecule has 0 unspecified atom stereocenters. The molecular formula is C17H18F3N3O2S. The summed E-state index contributed by atoms with van der Waals surface area (Å²) in [5.74, 6) is -0.435. The normalized spacial score (nSPS) is 17.0. The van der Waals surface area contributed by atoms with Gasteiger partial charge in [0.2, 0.25) is 0 Å². The van der Waals surface area contributed by atoms with Crippen LogP contribution < -0.4 is 4.90 Å². The van der Waals surface area contributed by atoms with Crippen LogP contribution >= 0.6 is 12.2 Å². The van der Waals surface area contributed by atoms with Crippen LogP contribution in [-0.2, 0) is 11.0 Å². The van der Waals surface area contributed by atoms with Crippen LogP contribution in [0.4, 0.5) is 24.5 Å². The van der Waals surface area contributed by atoms with Crippen LogP contribution in [0.2, 0.25) is 0 Å². The first-order valence-corrected chi connectivity index (χ1v) is 8.32. The molecule has 0 atom stereocenters. The third kappa shape index (κ3) is 3.52. The van der Waals surface area contributed by atoms with Gasteiger partial charge in [0, 0.05) is 18.8 Å². The molecule has 1 amide bonds. The molecule has 9 heteroatoms. The summed E-state index contributed by atoms with van der Waals surface area (Å²) in [5, 5.41) is 9.03. The number of unbranched alkanes of at least 4 members (excludes halogenated alkanes) is 1. The van der Waals surface area contributed by atoms with Gasteiger partial charge >= 0.3 is 6.18 Å². The maximum Gasteiger partial charge on any atom is 0.407 e. The fourth-order valence-electron chi connectivity index (χ4n) is 2.81. The number of hydrogen-bond donors (Lipinski definition) is 1. The van der Waals surface area contributed by atoms with Gasteiger partial charge in [0.15, 0.2) is 10.8 Å². The average molecular weight is 385 g/mol. The van der Waals surface area contributed by atoms with Crippen molar-refractivity contribution in [3.63, 3.8) is 0 Å². The molecule has 1 aromatic rings. The number of amides is 1. The molecule has 1 N–H and O–H groups in total. The van der Waals surface area contributed by atoms with Crippen molar-refractivity contribution in [3.8, 4) is 0 Å². The highest BCUT2D eigenvalue weighted by atomic mass is 32.1. The van der Waals surface area contributed by atoms with E-state index in [9.17, 15) is 18.0 Å². The van der Waals surface area contributed by atoms with E-state index < -0.39 is 28.9 Å². The highest BCUT2D eigenvalue weighted by Crippen LogP contribution is 2.40. The third-order valence-corrected chi connectivity index (χ3v) is 4.68. The molecule has 0 radical (unpaired) electrons. The molecule has 26 heavy (non-hydrogen) atoms. The van der Waals surface area contributed by atoms with Crippen LogP contribution in [0.25, 0.3) is 4.85 Å². The number of halogens is 3. The average Bonchev–Trinajstić information content (AvgIpc) is 2.73. The van der Waals surface area contributed by atoms with Gasteiger partial charge in [-0.1, -0.05) is 6.07 Å². The maximum atomic E-state index is 13.2. The maximum absolute atomic E-state index is 13.2. The van der Waals surface area contributed by atoms with Gasteiger partial charge in [-0.25, -0.2) is 4.85 Å². The fraction of sp³-hybridized carbons (Fsp3) is 0.471. The molecule has 0 aromatic heterocycles. The summed E-state index contributed by atoms with van der Waals surface area (Å²) in [6.07, 6.45) is -3.59. The monoisotopic (exact) mass is 385 g/mol. The van der Waals surface area contributed by atoms with E-state index in [-0.39, 0.29) is 17.4 Å². The Bertz CT molecular complexity index is 771. The predicted molar refractivity (Wildman–Crippen MR) is 94.9 cm³/mol. The van der Waals surface area contributed by atoms with Gasteiger partial charge in [-0.05, 0) is 51.0 Å². The molecule has 0 aliphatic carbocycles. The molecule has 0 bridgehead atoms. The predicted octanol–water partition coefficient (Wildman–Crippen LogP) is 3.74. The van der Waals surface area contributed by atoms with E-state index in [1.807, 2.05) is 0 Å². The molecule has 1 aromatic carbocycles. The minimum Gasteiger partial charge on any atom is -0.396 e. The zero-order valence-corrected chi connectivity index (χ0v) is 15.1. The number of rotatable bonds is 5. The number of nitrogens with zero attached hydrogens (tertiary/aromatic N) is 3. The molecule has 1 fully saturated rings. The first-order chi connectivity index (χ1) is 12.1. The van der Waals surface area contributed by atoms with Gasteiger partial charge in [-0.3, -0.25) is 9.69 Å². The van der Waals surface area contributed by atoms with Crippen molar-refractivity contribution in [1.29, 1.82) is 0 Å². The van der Waals surface area contributed by atoms with Crippen molar-refractivity contribution in [2.24, 2.45) is 0 Å². The fourth-order valence-corrected chi connectivity index (χ4v) is 3.32. The third-order valence-electron chi connectivity index (χ3n) is 4.28. The number of carbonyl (C=O) groups is 1. The number of alkyl halides is 3. The number of aliphatic hydroxyl groups is 1. The van der Waals surface area contributed by atoms with E-state index in [2.05, 4.69) is 4.85 Å². The number of carbonyl (C=O) groups excluding carboxylic acids is 1. The molecule has 1 aliphatic rings. The van der Waals surface area contributed by atoms with Crippen molar-refractivity contribution in [3.05, 3.63) is 35.2 Å². The minimum atomic E-state index is -4.71. The van der Waals surface area contributed by atoms with Crippen molar-refractivity contribution < 1.29 is 23.1 Å². The van der Waals surface area contributed by atoms with Crippen LogP contribution in [0.1, 0.15) is 32.3 Å². The van der Waals surface area contributed by atoms with Gasteiger partial charge in [-0.15, -0.1) is 0 Å². The lowest BCUT2D eigenvalue weighted by atomic mass is 10.0. The highest BCUT2D eigenvalue weighted by molar-refractivity contribution is 7.80. The summed E-state index contributed by atoms with van der Waals surface area (Å²) in [5.41, 5.74) is -2.66. The Morgan fingerprint density at radius 1 is 1.31 bits per heavy atom. The summed E-state index contributed by atoms with van der Waals surface area (Å²) in [6, 6.07) is 3.12. The summed E-state index contributed by atoms with van der Waals surface area (Å²) < 4.78 is 39.7. The summed E-state index contributed by atoms with van der Waals surface area (Å²) in [6.45, 7) is 10.6. The molecule has 5 nitrogen and oxygen atoms in total. The van der Waals surface area contributed by atoms with Gasteiger partial charge in [-0.2, -0.15) is 13.2 Å². The van der Waals surface area contributed by atoms with Crippen molar-refractivity contribution in [2.45, 2.75) is 38.4 Å². The second kappa shape index (κ2) is 7.21. The van der Waals surface area contributed by atoms with Gasteiger partial charge in [0.1, 0.15) is 5.54 Å². The van der Waals surface area contributed by atoms with E-state index in [0.717, 1.165) is 17.0 Å². The Kier molecular flexibility index (Phi) is 5.58. The van der Waals surface area contributed by atoms with Crippen LogP contribution in [0, 0.1) is 6.57 Å². The van der Waals surface area contributed by atoms with E-state index in [0.29, 0.717) is 19.4 Å². The first-order valence-electron chi connectivity index (χ1n) is 7.91.